The van der Waals surface area contributed by atoms with Gasteiger partial charge in [0.15, 0.2) is 23.0 Å². The van der Waals surface area contributed by atoms with Crippen LogP contribution in [0.5, 0.6) is 28.7 Å². The van der Waals surface area contributed by atoms with E-state index in [0.717, 1.165) is 27.8 Å². The fraction of sp³-hybridized carbons (Fsp3) is 0.216. The SMILES string of the molecule is COc1cc([C@@H]2c3cc4c(cc3[C@@H](Nc3ccc5ccc6cccc7ccc3c5c67)[C@H]3COC(=O)[C@H]23)OCO4)cc(OC)c1O. The number of phenolic OH excluding ortho intramolecular Hbond substituents is 1. The van der Waals surface area contributed by atoms with E-state index in [4.69, 9.17) is 23.7 Å². The zero-order valence-electron chi connectivity index (χ0n) is 24.6. The Morgan fingerprint density at radius 2 is 1.42 bits per heavy atom. The zero-order chi connectivity index (χ0) is 30.4. The van der Waals surface area contributed by atoms with Gasteiger partial charge in [-0.2, -0.15) is 0 Å². The molecule has 6 aromatic carbocycles. The van der Waals surface area contributed by atoms with Crippen LogP contribution in [0, 0.1) is 11.8 Å². The molecule has 224 valence electrons. The summed E-state index contributed by atoms with van der Waals surface area (Å²) in [4.78, 5) is 13.6. The Bertz CT molecular complexity index is 2130. The minimum absolute atomic E-state index is 0.0930. The first-order valence-electron chi connectivity index (χ1n) is 15.0. The predicted molar refractivity (Wildman–Crippen MR) is 170 cm³/mol. The van der Waals surface area contributed by atoms with E-state index in [1.165, 1.54) is 41.2 Å². The van der Waals surface area contributed by atoms with Crippen LogP contribution in [0.3, 0.4) is 0 Å². The van der Waals surface area contributed by atoms with Crippen molar-refractivity contribution in [3.8, 4) is 28.7 Å². The minimum Gasteiger partial charge on any atom is -0.502 e. The molecule has 3 aliphatic rings. The topological polar surface area (TPSA) is 95.5 Å². The molecule has 8 heteroatoms. The van der Waals surface area contributed by atoms with Gasteiger partial charge in [0, 0.05) is 22.9 Å². The van der Waals surface area contributed by atoms with E-state index in [1.807, 2.05) is 12.1 Å². The summed E-state index contributed by atoms with van der Waals surface area (Å²) in [5.74, 6) is 0.367. The van der Waals surface area contributed by atoms with Gasteiger partial charge in [0.1, 0.15) is 0 Å². The number of esters is 1. The van der Waals surface area contributed by atoms with Crippen LogP contribution in [-0.2, 0) is 9.53 Å². The van der Waals surface area contributed by atoms with Crippen LogP contribution in [0.15, 0.2) is 78.9 Å². The van der Waals surface area contributed by atoms with E-state index in [2.05, 4.69) is 59.9 Å². The highest BCUT2D eigenvalue weighted by molar-refractivity contribution is 6.25. The van der Waals surface area contributed by atoms with Gasteiger partial charge < -0.3 is 34.1 Å². The molecule has 0 saturated carbocycles. The van der Waals surface area contributed by atoms with Gasteiger partial charge in [0.05, 0.1) is 32.8 Å². The number of cyclic esters (lactones) is 1. The van der Waals surface area contributed by atoms with E-state index in [-0.39, 0.29) is 48.6 Å². The van der Waals surface area contributed by atoms with Gasteiger partial charge in [-0.05, 0) is 74.0 Å². The second-order valence-electron chi connectivity index (χ2n) is 12.0. The van der Waals surface area contributed by atoms with Gasteiger partial charge in [-0.15, -0.1) is 0 Å². The molecule has 1 fully saturated rings. The lowest BCUT2D eigenvalue weighted by atomic mass is 9.65. The molecule has 0 radical (unpaired) electrons. The fourth-order valence-electron chi connectivity index (χ4n) is 7.87. The van der Waals surface area contributed by atoms with E-state index >= 15 is 0 Å². The highest BCUT2D eigenvalue weighted by atomic mass is 16.7. The molecule has 2 aliphatic heterocycles. The molecule has 8 nitrogen and oxygen atoms in total. The Balaban J connectivity index is 1.25. The third-order valence-corrected chi connectivity index (χ3v) is 9.89. The Kier molecular flexibility index (Phi) is 5.54. The maximum atomic E-state index is 13.6. The lowest BCUT2D eigenvalue weighted by Gasteiger charge is -2.40. The molecule has 4 atom stereocenters. The highest BCUT2D eigenvalue weighted by Gasteiger charge is 2.53. The third-order valence-electron chi connectivity index (χ3n) is 9.89. The fourth-order valence-corrected chi connectivity index (χ4v) is 7.87. The average molecular weight is 600 g/mol. The number of phenols is 1. The molecule has 45 heavy (non-hydrogen) atoms. The number of rotatable bonds is 5. The van der Waals surface area contributed by atoms with E-state index in [0.29, 0.717) is 11.5 Å². The highest BCUT2D eigenvalue weighted by Crippen LogP contribution is 2.56. The second kappa shape index (κ2) is 9.56. The van der Waals surface area contributed by atoms with Gasteiger partial charge in [0.2, 0.25) is 12.5 Å². The summed E-state index contributed by atoms with van der Waals surface area (Å²) >= 11 is 0. The van der Waals surface area contributed by atoms with Crippen molar-refractivity contribution in [2.75, 3.05) is 32.9 Å². The molecule has 0 aromatic heterocycles. The number of carbonyl (C=O) groups excluding carboxylic acids is 1. The first-order valence-corrected chi connectivity index (χ1v) is 15.0. The number of hydrogen-bond acceptors (Lipinski definition) is 8. The van der Waals surface area contributed by atoms with Crippen molar-refractivity contribution in [3.63, 3.8) is 0 Å². The Morgan fingerprint density at radius 3 is 2.13 bits per heavy atom. The summed E-state index contributed by atoms with van der Waals surface area (Å²) < 4.78 is 28.5. The van der Waals surface area contributed by atoms with Gasteiger partial charge in [-0.3, -0.25) is 4.79 Å². The standard InChI is InChI=1S/C37H29NO7/c1-41-29-12-21(13-30(42-2)36(29)39)33-23-14-27-28(45-17-44-27)15-24(23)35(25-16-43-37(40)34(25)33)38-26-11-9-20-7-6-18-4-3-5-19-8-10-22(26)32(20)31(18)19/h3-15,25,33-35,38-39H,16-17H2,1-2H3/t25-,33+,34-,35+/m0/s1. The van der Waals surface area contributed by atoms with Crippen molar-refractivity contribution >= 4 is 44.0 Å². The molecule has 0 amide bonds. The van der Waals surface area contributed by atoms with E-state index < -0.39 is 11.8 Å². The van der Waals surface area contributed by atoms with Crippen molar-refractivity contribution in [2.45, 2.75) is 12.0 Å². The molecule has 1 aliphatic carbocycles. The summed E-state index contributed by atoms with van der Waals surface area (Å²) in [6.45, 7) is 0.398. The minimum atomic E-state index is -0.505. The molecule has 0 spiro atoms. The molecular formula is C37H29NO7. The summed E-state index contributed by atoms with van der Waals surface area (Å²) in [5, 5.41) is 21.7. The number of anilines is 1. The largest absolute Gasteiger partial charge is 0.502 e. The van der Waals surface area contributed by atoms with Crippen molar-refractivity contribution in [3.05, 3.63) is 95.6 Å². The first-order chi connectivity index (χ1) is 22.0. The monoisotopic (exact) mass is 599 g/mol. The van der Waals surface area contributed by atoms with Crippen LogP contribution in [0.25, 0.3) is 32.3 Å². The number of hydrogen-bond donors (Lipinski definition) is 2. The first kappa shape index (κ1) is 26.1. The molecule has 0 unspecified atom stereocenters. The smallest absolute Gasteiger partial charge is 0.310 e. The predicted octanol–water partition coefficient (Wildman–Crippen LogP) is 7.12. The van der Waals surface area contributed by atoms with Gasteiger partial charge >= 0.3 is 5.97 Å². The van der Waals surface area contributed by atoms with Crippen LogP contribution in [-0.4, -0.2) is 38.7 Å². The van der Waals surface area contributed by atoms with E-state index in [9.17, 15) is 9.90 Å². The Morgan fingerprint density at radius 1 is 0.778 bits per heavy atom. The summed E-state index contributed by atoms with van der Waals surface area (Å²) in [6, 6.07) is 26.7. The van der Waals surface area contributed by atoms with Crippen molar-refractivity contribution in [2.24, 2.45) is 11.8 Å². The van der Waals surface area contributed by atoms with Crippen LogP contribution in [0.1, 0.15) is 28.7 Å². The van der Waals surface area contributed by atoms with E-state index in [1.54, 1.807) is 12.1 Å². The molecule has 9 rings (SSSR count). The molecule has 2 N–H and O–H groups in total. The summed E-state index contributed by atoms with van der Waals surface area (Å²) in [6.07, 6.45) is 0. The van der Waals surface area contributed by atoms with Crippen molar-refractivity contribution in [1.82, 2.24) is 0 Å². The lowest BCUT2D eigenvalue weighted by Crippen LogP contribution is -2.37. The maximum absolute atomic E-state index is 13.6. The van der Waals surface area contributed by atoms with Gasteiger partial charge in [-0.1, -0.05) is 48.5 Å². The maximum Gasteiger partial charge on any atom is 0.310 e. The summed E-state index contributed by atoms with van der Waals surface area (Å²) in [7, 11) is 2.99. The number of nitrogens with one attached hydrogen (secondary N) is 1. The summed E-state index contributed by atoms with van der Waals surface area (Å²) in [5.41, 5.74) is 3.68. The van der Waals surface area contributed by atoms with Gasteiger partial charge in [-0.25, -0.2) is 0 Å². The van der Waals surface area contributed by atoms with Crippen LogP contribution >= 0.6 is 0 Å². The molecule has 1 saturated heterocycles. The quantitative estimate of drug-likeness (QED) is 0.160. The number of aromatic hydroxyl groups is 1. The zero-order valence-corrected chi connectivity index (χ0v) is 24.6. The van der Waals surface area contributed by atoms with Crippen LogP contribution < -0.4 is 24.3 Å². The molecule has 6 aromatic rings. The third kappa shape index (κ3) is 3.68. The number of benzene rings is 6. The van der Waals surface area contributed by atoms with Crippen molar-refractivity contribution < 1.29 is 33.6 Å². The Hall–Kier alpha value is -5.37. The number of carbonyl (C=O) groups is 1. The molecular weight excluding hydrogens is 570 g/mol. The number of ether oxygens (including phenoxy) is 5. The normalized spacial score (nSPS) is 21.6. The van der Waals surface area contributed by atoms with Crippen LogP contribution in [0.4, 0.5) is 5.69 Å². The second-order valence-corrected chi connectivity index (χ2v) is 12.0. The lowest BCUT2D eigenvalue weighted by molar-refractivity contribution is -0.141. The van der Waals surface area contributed by atoms with Crippen molar-refractivity contribution in [1.29, 1.82) is 0 Å². The Labute approximate surface area is 258 Å². The van der Waals surface area contributed by atoms with Crippen LogP contribution in [0.2, 0.25) is 0 Å². The molecule has 0 bridgehead atoms. The van der Waals surface area contributed by atoms with Gasteiger partial charge in [0.25, 0.3) is 0 Å². The number of fused-ring (bicyclic) bond motifs is 3. The number of methoxy groups -OCH3 is 2. The molecule has 2 heterocycles. The average Bonchev–Trinajstić information content (AvgIpc) is 3.69.